The van der Waals surface area contributed by atoms with E-state index in [0.29, 0.717) is 24.9 Å². The predicted octanol–water partition coefficient (Wildman–Crippen LogP) is 2.02. The molecule has 0 atom stereocenters. The molecule has 3 heterocycles. The molecule has 3 rings (SSSR count). The molecule has 0 unspecified atom stereocenters. The lowest BCUT2D eigenvalue weighted by Crippen LogP contribution is -2.54. The van der Waals surface area contributed by atoms with Crippen LogP contribution in [0.3, 0.4) is 0 Å². The van der Waals surface area contributed by atoms with Crippen molar-refractivity contribution < 1.29 is 4.79 Å². The van der Waals surface area contributed by atoms with E-state index < -0.39 is 0 Å². The van der Waals surface area contributed by atoms with E-state index in [4.69, 9.17) is 4.99 Å². The Morgan fingerprint density at radius 1 is 1.06 bits per heavy atom. The van der Waals surface area contributed by atoms with Crippen molar-refractivity contribution in [3.63, 3.8) is 0 Å². The zero-order valence-electron chi connectivity index (χ0n) is 19.7. The largest absolute Gasteiger partial charge is 0.357 e. The second kappa shape index (κ2) is 12.1. The van der Waals surface area contributed by atoms with E-state index in [0.717, 1.165) is 77.0 Å². The summed E-state index contributed by atoms with van der Waals surface area (Å²) in [6.07, 6.45) is 8.71. The minimum absolute atomic E-state index is 0.299. The number of hydrogen-bond acceptors (Lipinski definition) is 4. The van der Waals surface area contributed by atoms with Gasteiger partial charge in [0.1, 0.15) is 12.4 Å². The van der Waals surface area contributed by atoms with Gasteiger partial charge in [0.2, 0.25) is 5.91 Å². The van der Waals surface area contributed by atoms with Gasteiger partial charge in [-0.15, -0.1) is 0 Å². The monoisotopic (exact) mass is 431 g/mol. The van der Waals surface area contributed by atoms with Gasteiger partial charge in [0.05, 0.1) is 6.54 Å². The highest BCUT2D eigenvalue weighted by Crippen LogP contribution is 2.11. The first-order valence-electron chi connectivity index (χ1n) is 12.1. The fourth-order valence-electron chi connectivity index (χ4n) is 4.35. The fraction of sp³-hybridized carbons (Fsp3) is 0.783. The lowest BCUT2D eigenvalue weighted by Gasteiger charge is -2.37. The average molecular weight is 432 g/mol. The minimum atomic E-state index is 0.299. The van der Waals surface area contributed by atoms with Crippen LogP contribution in [0.1, 0.15) is 52.3 Å². The number of piperazine rings is 1. The zero-order chi connectivity index (χ0) is 22.1. The maximum Gasteiger partial charge on any atom is 0.236 e. The Kier molecular flexibility index (Phi) is 9.18. The molecule has 1 aromatic rings. The van der Waals surface area contributed by atoms with Gasteiger partial charge in [0, 0.05) is 64.8 Å². The van der Waals surface area contributed by atoms with Gasteiger partial charge < -0.3 is 19.7 Å². The molecule has 1 aromatic heterocycles. The van der Waals surface area contributed by atoms with Crippen molar-refractivity contribution in [3.8, 4) is 0 Å². The number of nitrogens with one attached hydrogen (secondary N) is 1. The second-order valence-corrected chi connectivity index (χ2v) is 9.12. The van der Waals surface area contributed by atoms with Gasteiger partial charge in [-0.25, -0.2) is 9.98 Å². The standard InChI is InChI=1S/C23H41N7O/c1-4-24-23(26-17-21-25-9-12-30(21)18-20(2)3)29-15-13-27(14-16-29)19-22(31)28-10-7-5-6-8-11-28/h9,12,20H,4-8,10-11,13-19H2,1-3H3,(H,24,26). The summed E-state index contributed by atoms with van der Waals surface area (Å²) < 4.78 is 2.20. The fourth-order valence-corrected chi connectivity index (χ4v) is 4.35. The Hall–Kier alpha value is -2.09. The molecule has 8 heteroatoms. The summed E-state index contributed by atoms with van der Waals surface area (Å²) in [6, 6.07) is 0. The van der Waals surface area contributed by atoms with E-state index in [1.54, 1.807) is 0 Å². The Balaban J connectivity index is 1.51. The van der Waals surface area contributed by atoms with Crippen molar-refractivity contribution in [1.82, 2.24) is 29.6 Å². The first-order valence-corrected chi connectivity index (χ1v) is 12.1. The van der Waals surface area contributed by atoms with Crippen LogP contribution in [-0.2, 0) is 17.9 Å². The van der Waals surface area contributed by atoms with E-state index in [-0.39, 0.29) is 0 Å². The smallest absolute Gasteiger partial charge is 0.236 e. The van der Waals surface area contributed by atoms with Crippen LogP contribution in [0.15, 0.2) is 17.4 Å². The minimum Gasteiger partial charge on any atom is -0.357 e. The van der Waals surface area contributed by atoms with Gasteiger partial charge in [0.15, 0.2) is 5.96 Å². The lowest BCUT2D eigenvalue weighted by molar-refractivity contribution is -0.132. The quantitative estimate of drug-likeness (QED) is 0.528. The summed E-state index contributed by atoms with van der Waals surface area (Å²) in [7, 11) is 0. The van der Waals surface area contributed by atoms with E-state index in [1.807, 2.05) is 12.4 Å². The molecule has 0 aromatic carbocycles. The van der Waals surface area contributed by atoms with Crippen molar-refractivity contribution in [2.24, 2.45) is 10.9 Å². The van der Waals surface area contributed by atoms with Crippen LogP contribution in [-0.4, -0.2) is 88.5 Å². The van der Waals surface area contributed by atoms with E-state index >= 15 is 0 Å². The molecular formula is C23H41N7O. The van der Waals surface area contributed by atoms with E-state index in [2.05, 4.69) is 50.3 Å². The number of likely N-dealkylation sites (tertiary alicyclic amines) is 1. The number of hydrogen-bond donors (Lipinski definition) is 1. The Morgan fingerprint density at radius 3 is 2.42 bits per heavy atom. The summed E-state index contributed by atoms with van der Waals surface area (Å²) in [5, 5.41) is 3.43. The van der Waals surface area contributed by atoms with Crippen molar-refractivity contribution in [2.45, 2.75) is 59.5 Å². The number of aliphatic imine (C=N–C) groups is 1. The predicted molar refractivity (Wildman–Crippen MR) is 125 cm³/mol. The molecule has 1 N–H and O–H groups in total. The molecule has 0 radical (unpaired) electrons. The Bertz CT molecular complexity index is 699. The highest BCUT2D eigenvalue weighted by atomic mass is 16.2. The molecule has 0 aliphatic carbocycles. The van der Waals surface area contributed by atoms with Crippen molar-refractivity contribution in [2.75, 3.05) is 52.4 Å². The first-order chi connectivity index (χ1) is 15.1. The van der Waals surface area contributed by atoms with E-state index in [9.17, 15) is 4.79 Å². The molecule has 2 aliphatic heterocycles. The third-order valence-electron chi connectivity index (χ3n) is 6.06. The molecule has 0 bridgehead atoms. The van der Waals surface area contributed by atoms with Crippen LogP contribution in [0.4, 0.5) is 0 Å². The summed E-state index contributed by atoms with van der Waals surface area (Å²) in [5.41, 5.74) is 0. The van der Waals surface area contributed by atoms with Crippen molar-refractivity contribution in [1.29, 1.82) is 0 Å². The van der Waals surface area contributed by atoms with E-state index in [1.165, 1.54) is 12.8 Å². The van der Waals surface area contributed by atoms with Crippen LogP contribution in [0.2, 0.25) is 0 Å². The molecule has 8 nitrogen and oxygen atoms in total. The van der Waals surface area contributed by atoms with Crippen LogP contribution in [0, 0.1) is 5.92 Å². The molecule has 1 amide bonds. The third-order valence-corrected chi connectivity index (χ3v) is 6.06. The van der Waals surface area contributed by atoms with Gasteiger partial charge in [-0.1, -0.05) is 26.7 Å². The Morgan fingerprint density at radius 2 is 1.77 bits per heavy atom. The molecule has 0 saturated carbocycles. The van der Waals surface area contributed by atoms with Crippen molar-refractivity contribution in [3.05, 3.63) is 18.2 Å². The first kappa shape index (κ1) is 23.6. The molecule has 31 heavy (non-hydrogen) atoms. The molecule has 2 fully saturated rings. The molecule has 2 aliphatic rings. The van der Waals surface area contributed by atoms with Gasteiger partial charge >= 0.3 is 0 Å². The van der Waals surface area contributed by atoms with Crippen LogP contribution in [0.25, 0.3) is 0 Å². The SMILES string of the molecule is CCNC(=NCc1nccn1CC(C)C)N1CCN(CC(=O)N2CCCCCC2)CC1. The normalized spacial score (nSPS) is 19.0. The zero-order valence-corrected chi connectivity index (χ0v) is 19.7. The number of guanidine groups is 1. The van der Waals surface area contributed by atoms with Crippen molar-refractivity contribution >= 4 is 11.9 Å². The summed E-state index contributed by atoms with van der Waals surface area (Å²) in [5.74, 6) is 2.83. The number of aromatic nitrogens is 2. The second-order valence-electron chi connectivity index (χ2n) is 9.12. The molecule has 2 saturated heterocycles. The van der Waals surface area contributed by atoms with Gasteiger partial charge in [-0.2, -0.15) is 0 Å². The van der Waals surface area contributed by atoms with Gasteiger partial charge in [-0.05, 0) is 25.7 Å². The Labute approximate surface area is 187 Å². The summed E-state index contributed by atoms with van der Waals surface area (Å²) >= 11 is 0. The van der Waals surface area contributed by atoms with Crippen LogP contribution < -0.4 is 5.32 Å². The number of carbonyl (C=O) groups excluding carboxylic acids is 1. The van der Waals surface area contributed by atoms with Gasteiger partial charge in [0.25, 0.3) is 0 Å². The summed E-state index contributed by atoms with van der Waals surface area (Å²) in [6.45, 7) is 14.9. The molecule has 0 spiro atoms. The van der Waals surface area contributed by atoms with Gasteiger partial charge in [-0.3, -0.25) is 9.69 Å². The summed E-state index contributed by atoms with van der Waals surface area (Å²) in [4.78, 5) is 28.8. The lowest BCUT2D eigenvalue weighted by atomic mass is 10.2. The maximum atomic E-state index is 12.7. The maximum absolute atomic E-state index is 12.7. The highest BCUT2D eigenvalue weighted by Gasteiger charge is 2.23. The number of nitrogens with zero attached hydrogens (tertiary/aromatic N) is 6. The molecule has 174 valence electrons. The van der Waals surface area contributed by atoms with Crippen LogP contribution in [0.5, 0.6) is 0 Å². The number of amides is 1. The highest BCUT2D eigenvalue weighted by molar-refractivity contribution is 5.80. The van der Waals surface area contributed by atoms with Crippen LogP contribution >= 0.6 is 0 Å². The third kappa shape index (κ3) is 7.23. The number of imidazole rings is 1. The molecular weight excluding hydrogens is 390 g/mol. The number of rotatable bonds is 7. The number of carbonyl (C=O) groups is 1. The topological polar surface area (TPSA) is 69.0 Å². The average Bonchev–Trinajstić information content (AvgIpc) is 3.00.